The fourth-order valence-corrected chi connectivity index (χ4v) is 2.78. The molecule has 106 valence electrons. The molecule has 0 aromatic carbocycles. The van der Waals surface area contributed by atoms with Crippen molar-refractivity contribution in [2.24, 2.45) is 0 Å². The minimum atomic E-state index is -0.162. The average molecular weight is 264 g/mol. The smallest absolute Gasteiger partial charge is 0.256 e. The zero-order valence-corrected chi connectivity index (χ0v) is 12.0. The second kappa shape index (κ2) is 6.35. The molecule has 0 atom stereocenters. The first-order chi connectivity index (χ1) is 9.21. The zero-order valence-electron chi connectivity index (χ0n) is 12.0. The molecule has 4 nitrogen and oxygen atoms in total. The molecule has 2 rings (SSSR count). The first kappa shape index (κ1) is 14.3. The van der Waals surface area contributed by atoms with Crippen molar-refractivity contribution in [2.75, 3.05) is 13.1 Å². The molecule has 1 N–H and O–H groups in total. The van der Waals surface area contributed by atoms with Crippen LogP contribution in [0.25, 0.3) is 0 Å². The van der Waals surface area contributed by atoms with Crippen molar-refractivity contribution in [2.45, 2.75) is 52.8 Å². The van der Waals surface area contributed by atoms with Gasteiger partial charge >= 0.3 is 0 Å². The normalized spacial score (nSPS) is 15.5. The van der Waals surface area contributed by atoms with E-state index in [1.165, 1.54) is 11.3 Å². The van der Waals surface area contributed by atoms with Gasteiger partial charge in [0.2, 0.25) is 0 Å². The van der Waals surface area contributed by atoms with Crippen LogP contribution < -0.4 is 5.56 Å². The lowest BCUT2D eigenvalue weighted by Gasteiger charge is -2.30. The Morgan fingerprint density at radius 2 is 2.16 bits per heavy atom. The number of fused-ring (bicyclic) bond motifs is 1. The molecular weight excluding hydrogens is 240 g/mol. The van der Waals surface area contributed by atoms with E-state index in [9.17, 15) is 9.90 Å². The van der Waals surface area contributed by atoms with Crippen molar-refractivity contribution >= 4 is 0 Å². The predicted molar refractivity (Wildman–Crippen MR) is 76.2 cm³/mol. The molecule has 1 aliphatic rings. The second-order valence-electron chi connectivity index (χ2n) is 5.23. The largest absolute Gasteiger partial charge is 0.391 e. The Hall–Kier alpha value is -1.13. The number of hydrogen-bond acceptors (Lipinski definition) is 3. The van der Waals surface area contributed by atoms with Gasteiger partial charge in [0.25, 0.3) is 5.56 Å². The molecule has 0 amide bonds. The summed E-state index contributed by atoms with van der Waals surface area (Å²) in [5, 5.41) is 9.37. The molecule has 0 saturated heterocycles. The van der Waals surface area contributed by atoms with Crippen LogP contribution in [0.3, 0.4) is 0 Å². The fourth-order valence-electron chi connectivity index (χ4n) is 2.78. The number of unbranched alkanes of at least 4 members (excludes halogenated alkanes) is 1. The Morgan fingerprint density at radius 3 is 2.79 bits per heavy atom. The summed E-state index contributed by atoms with van der Waals surface area (Å²) in [6.07, 6.45) is 3.03. The Labute approximate surface area is 114 Å². The predicted octanol–water partition coefficient (Wildman–Crippen LogP) is 1.52. The van der Waals surface area contributed by atoms with Crippen LogP contribution in [0.2, 0.25) is 0 Å². The molecule has 19 heavy (non-hydrogen) atoms. The van der Waals surface area contributed by atoms with E-state index in [1.54, 1.807) is 0 Å². The van der Waals surface area contributed by atoms with Gasteiger partial charge < -0.3 is 9.67 Å². The summed E-state index contributed by atoms with van der Waals surface area (Å²) in [5.74, 6) is 0. The Bertz CT molecular complexity index is 494. The Kier molecular flexibility index (Phi) is 4.77. The van der Waals surface area contributed by atoms with Crippen LogP contribution in [-0.4, -0.2) is 27.7 Å². The molecule has 0 fully saturated rings. The van der Waals surface area contributed by atoms with Crippen molar-refractivity contribution in [3.05, 3.63) is 33.2 Å². The number of hydrogen-bond donors (Lipinski definition) is 1. The molecule has 0 spiro atoms. The number of aliphatic hydroxyl groups excluding tert-OH is 1. The average Bonchev–Trinajstić information content (AvgIpc) is 2.45. The second-order valence-corrected chi connectivity index (χ2v) is 5.23. The number of nitrogens with zero attached hydrogens (tertiary/aromatic N) is 2. The first-order valence-electron chi connectivity index (χ1n) is 7.28. The third kappa shape index (κ3) is 2.90. The van der Waals surface area contributed by atoms with E-state index in [4.69, 9.17) is 0 Å². The molecule has 0 saturated carbocycles. The third-order valence-electron chi connectivity index (χ3n) is 3.98. The highest BCUT2D eigenvalue weighted by Crippen LogP contribution is 2.19. The van der Waals surface area contributed by atoms with E-state index in [0.717, 1.165) is 45.4 Å². The van der Waals surface area contributed by atoms with Crippen molar-refractivity contribution in [3.63, 3.8) is 0 Å². The molecular formula is C15H24N2O2. The van der Waals surface area contributed by atoms with Crippen molar-refractivity contribution < 1.29 is 5.11 Å². The molecule has 1 aromatic heterocycles. The summed E-state index contributed by atoms with van der Waals surface area (Å²) in [4.78, 5) is 14.7. The van der Waals surface area contributed by atoms with Crippen LogP contribution in [0, 0.1) is 0 Å². The fraction of sp³-hybridized carbons (Fsp3) is 0.667. The molecule has 0 bridgehead atoms. The highest BCUT2D eigenvalue weighted by molar-refractivity contribution is 5.28. The highest BCUT2D eigenvalue weighted by atomic mass is 16.3. The number of aromatic nitrogens is 1. The summed E-state index contributed by atoms with van der Waals surface area (Å²) >= 11 is 0. The third-order valence-corrected chi connectivity index (χ3v) is 3.98. The Morgan fingerprint density at radius 1 is 1.37 bits per heavy atom. The van der Waals surface area contributed by atoms with Crippen molar-refractivity contribution in [3.8, 4) is 0 Å². The maximum Gasteiger partial charge on any atom is 0.256 e. The topological polar surface area (TPSA) is 45.5 Å². The molecule has 1 aromatic rings. The molecule has 2 heterocycles. The lowest BCUT2D eigenvalue weighted by Crippen LogP contribution is -2.37. The SMILES string of the molecule is CCCCn1c2c(cc(CO)c1=O)CN(CC)CC2. The van der Waals surface area contributed by atoms with E-state index in [1.807, 2.05) is 10.6 Å². The maximum atomic E-state index is 12.3. The van der Waals surface area contributed by atoms with Gasteiger partial charge in [0.15, 0.2) is 0 Å². The maximum absolute atomic E-state index is 12.3. The lowest BCUT2D eigenvalue weighted by atomic mass is 10.0. The summed E-state index contributed by atoms with van der Waals surface area (Å²) in [6.45, 7) is 7.85. The standard InChI is InChI=1S/C15H24N2O2/c1-3-5-7-17-14-6-8-16(4-2)10-12(14)9-13(11-18)15(17)19/h9,18H,3-8,10-11H2,1-2H3. The summed E-state index contributed by atoms with van der Waals surface area (Å²) in [5.41, 5.74) is 2.93. The molecule has 4 heteroatoms. The quantitative estimate of drug-likeness (QED) is 0.877. The number of pyridine rings is 1. The lowest BCUT2D eigenvalue weighted by molar-refractivity contribution is 0.256. The minimum Gasteiger partial charge on any atom is -0.391 e. The highest BCUT2D eigenvalue weighted by Gasteiger charge is 2.20. The van der Waals surface area contributed by atoms with E-state index in [0.29, 0.717) is 5.56 Å². The van der Waals surface area contributed by atoms with Crippen LogP contribution >= 0.6 is 0 Å². The summed E-state index contributed by atoms with van der Waals surface area (Å²) < 4.78 is 1.90. The molecule has 1 aliphatic heterocycles. The van der Waals surface area contributed by atoms with Gasteiger partial charge in [-0.15, -0.1) is 0 Å². The molecule has 0 unspecified atom stereocenters. The van der Waals surface area contributed by atoms with E-state index < -0.39 is 0 Å². The summed E-state index contributed by atoms with van der Waals surface area (Å²) in [6, 6.07) is 1.90. The van der Waals surface area contributed by atoms with Crippen molar-refractivity contribution in [1.29, 1.82) is 0 Å². The van der Waals surface area contributed by atoms with Gasteiger partial charge in [0.1, 0.15) is 0 Å². The van der Waals surface area contributed by atoms with Crippen LogP contribution in [0.5, 0.6) is 0 Å². The van der Waals surface area contributed by atoms with Crippen molar-refractivity contribution in [1.82, 2.24) is 9.47 Å². The van der Waals surface area contributed by atoms with Gasteiger partial charge in [0, 0.05) is 37.3 Å². The van der Waals surface area contributed by atoms with Gasteiger partial charge in [-0.1, -0.05) is 20.3 Å². The van der Waals surface area contributed by atoms with Gasteiger partial charge in [0.05, 0.1) is 6.61 Å². The van der Waals surface area contributed by atoms with Gasteiger partial charge in [-0.25, -0.2) is 0 Å². The van der Waals surface area contributed by atoms with Gasteiger partial charge in [-0.2, -0.15) is 0 Å². The monoisotopic (exact) mass is 264 g/mol. The first-order valence-corrected chi connectivity index (χ1v) is 7.28. The van der Waals surface area contributed by atoms with Crippen LogP contribution in [0.4, 0.5) is 0 Å². The van der Waals surface area contributed by atoms with Crippen LogP contribution in [-0.2, 0) is 26.1 Å². The summed E-state index contributed by atoms with van der Waals surface area (Å²) in [7, 11) is 0. The van der Waals surface area contributed by atoms with E-state index in [2.05, 4.69) is 18.7 Å². The van der Waals surface area contributed by atoms with E-state index >= 15 is 0 Å². The molecule has 0 aliphatic carbocycles. The van der Waals surface area contributed by atoms with Crippen LogP contribution in [0.1, 0.15) is 43.5 Å². The van der Waals surface area contributed by atoms with Gasteiger partial charge in [-0.3, -0.25) is 9.69 Å². The molecule has 0 radical (unpaired) electrons. The number of likely N-dealkylation sites (N-methyl/N-ethyl adjacent to an activating group) is 1. The number of aliphatic hydroxyl groups is 1. The number of rotatable bonds is 5. The van der Waals surface area contributed by atoms with Crippen LogP contribution in [0.15, 0.2) is 10.9 Å². The van der Waals surface area contributed by atoms with Gasteiger partial charge in [-0.05, 0) is 24.6 Å². The minimum absolute atomic E-state index is 0.000325. The van der Waals surface area contributed by atoms with E-state index in [-0.39, 0.29) is 12.2 Å². The Balaban J connectivity index is 2.43. The zero-order chi connectivity index (χ0) is 13.8.